The van der Waals surface area contributed by atoms with Crippen molar-refractivity contribution in [1.29, 1.82) is 0 Å². The summed E-state index contributed by atoms with van der Waals surface area (Å²) in [7, 11) is 1.60. The number of benzene rings is 2. The Hall–Kier alpha value is -3.04. The van der Waals surface area contributed by atoms with Gasteiger partial charge in [0.15, 0.2) is 5.16 Å². The number of H-pyrrole nitrogens is 1. The fourth-order valence-corrected chi connectivity index (χ4v) is 3.50. The fraction of sp³-hybridized carbons (Fsp3) is 0.111. The zero-order valence-corrected chi connectivity index (χ0v) is 16.4. The summed E-state index contributed by atoms with van der Waals surface area (Å²) in [5, 5.41) is 4.52. The maximum absolute atomic E-state index is 6.01. The van der Waals surface area contributed by atoms with Crippen molar-refractivity contribution in [1.82, 2.24) is 24.9 Å². The van der Waals surface area contributed by atoms with Crippen molar-refractivity contribution in [2.75, 3.05) is 18.2 Å². The van der Waals surface area contributed by atoms with Crippen LogP contribution in [0.2, 0.25) is 5.02 Å². The first kappa shape index (κ1) is 18.3. The van der Waals surface area contributed by atoms with Crippen molar-refractivity contribution in [2.45, 2.75) is 10.9 Å². The molecule has 8 nitrogen and oxygen atoms in total. The highest BCUT2D eigenvalue weighted by atomic mass is 35.5. The van der Waals surface area contributed by atoms with Gasteiger partial charge in [0.05, 0.1) is 29.6 Å². The van der Waals surface area contributed by atoms with Crippen molar-refractivity contribution in [2.24, 2.45) is 0 Å². The zero-order valence-electron chi connectivity index (χ0n) is 14.8. The number of fused-ring (bicyclic) bond motifs is 1. The van der Waals surface area contributed by atoms with Gasteiger partial charge in [-0.1, -0.05) is 35.5 Å². The van der Waals surface area contributed by atoms with E-state index in [1.165, 1.54) is 11.8 Å². The Labute approximate surface area is 169 Å². The van der Waals surface area contributed by atoms with Gasteiger partial charge in [-0.15, -0.1) is 0 Å². The summed E-state index contributed by atoms with van der Waals surface area (Å²) in [4.78, 5) is 20.5. The molecule has 2 aromatic carbocycles. The topological polar surface area (TPSA) is 115 Å². The minimum absolute atomic E-state index is 0.138. The van der Waals surface area contributed by atoms with Gasteiger partial charge in [0.2, 0.25) is 11.9 Å². The highest BCUT2D eigenvalue weighted by Crippen LogP contribution is 2.27. The molecule has 28 heavy (non-hydrogen) atoms. The summed E-state index contributed by atoms with van der Waals surface area (Å²) in [6.07, 6.45) is 0. The minimum Gasteiger partial charge on any atom is -0.495 e. The molecule has 4 aromatic rings. The number of thioether (sulfide) groups is 1. The first-order chi connectivity index (χ1) is 13.6. The first-order valence-electron chi connectivity index (χ1n) is 8.29. The molecule has 10 heteroatoms. The first-order valence-corrected chi connectivity index (χ1v) is 9.65. The predicted octanol–water partition coefficient (Wildman–Crippen LogP) is 4.03. The van der Waals surface area contributed by atoms with E-state index in [1.54, 1.807) is 7.11 Å². The van der Waals surface area contributed by atoms with Gasteiger partial charge in [-0.05, 0) is 30.3 Å². The zero-order chi connectivity index (χ0) is 19.5. The van der Waals surface area contributed by atoms with Crippen LogP contribution in [-0.2, 0) is 5.75 Å². The summed E-state index contributed by atoms with van der Waals surface area (Å²) in [5.41, 5.74) is 8.32. The number of nitrogens with zero attached hydrogens (tertiary/aromatic N) is 4. The Morgan fingerprint density at radius 3 is 2.86 bits per heavy atom. The summed E-state index contributed by atoms with van der Waals surface area (Å²) in [5.74, 6) is 2.18. The third-order valence-corrected chi connectivity index (χ3v) is 4.92. The third kappa shape index (κ3) is 4.10. The summed E-state index contributed by atoms with van der Waals surface area (Å²) in [6.45, 7) is 0. The number of nitrogens with one attached hydrogen (secondary N) is 2. The van der Waals surface area contributed by atoms with E-state index >= 15 is 0 Å². The quantitative estimate of drug-likeness (QED) is 0.406. The largest absolute Gasteiger partial charge is 0.495 e. The molecule has 2 aromatic heterocycles. The van der Waals surface area contributed by atoms with E-state index in [9.17, 15) is 0 Å². The molecule has 0 aliphatic heterocycles. The van der Waals surface area contributed by atoms with Crippen LogP contribution in [-0.4, -0.2) is 32.0 Å². The number of aromatic nitrogens is 5. The second kappa shape index (κ2) is 7.91. The maximum atomic E-state index is 6.01. The van der Waals surface area contributed by atoms with E-state index in [4.69, 9.17) is 22.1 Å². The van der Waals surface area contributed by atoms with Gasteiger partial charge in [0.25, 0.3) is 0 Å². The van der Waals surface area contributed by atoms with Gasteiger partial charge in [0, 0.05) is 5.02 Å². The number of hydrogen-bond donors (Lipinski definition) is 3. The lowest BCUT2D eigenvalue weighted by Crippen LogP contribution is -2.07. The van der Waals surface area contributed by atoms with Crippen LogP contribution in [0.15, 0.2) is 47.6 Å². The van der Waals surface area contributed by atoms with Gasteiger partial charge >= 0.3 is 0 Å². The smallest absolute Gasteiger partial charge is 0.232 e. The number of methoxy groups -OCH3 is 1. The number of nitrogens with two attached hydrogens (primary N) is 1. The normalized spacial score (nSPS) is 10.9. The Morgan fingerprint density at radius 2 is 2.00 bits per heavy atom. The molecule has 0 atom stereocenters. The van der Waals surface area contributed by atoms with E-state index in [0.29, 0.717) is 28.3 Å². The number of nitrogen functional groups attached to an aromatic ring is 1. The molecule has 2 heterocycles. The molecule has 0 saturated heterocycles. The lowest BCUT2D eigenvalue weighted by Gasteiger charge is -2.10. The van der Waals surface area contributed by atoms with E-state index in [0.717, 1.165) is 21.9 Å². The highest BCUT2D eigenvalue weighted by molar-refractivity contribution is 7.98. The van der Waals surface area contributed by atoms with E-state index < -0.39 is 0 Å². The Bertz CT molecular complexity index is 1130. The summed E-state index contributed by atoms with van der Waals surface area (Å²) >= 11 is 7.48. The van der Waals surface area contributed by atoms with Crippen molar-refractivity contribution >= 4 is 52.0 Å². The SMILES string of the molecule is COc1ccccc1Nc1nc(N)nc(CSc2nc3ccc(Cl)cc3[nH]2)n1. The molecular formula is C18H16ClN7OS. The standard InChI is InChI=1S/C18H16ClN7OS/c1-27-14-5-3-2-4-12(14)21-17-25-15(24-16(20)26-17)9-28-18-22-11-7-6-10(19)8-13(11)23-18/h2-8H,9H2,1H3,(H,22,23)(H3,20,21,24,25,26). The molecule has 0 fully saturated rings. The maximum Gasteiger partial charge on any atom is 0.232 e. The molecule has 4 rings (SSSR count). The molecule has 0 saturated carbocycles. The number of halogens is 1. The minimum atomic E-state index is 0.138. The molecule has 0 aliphatic rings. The van der Waals surface area contributed by atoms with Gasteiger partial charge < -0.3 is 20.8 Å². The second-order valence-electron chi connectivity index (χ2n) is 5.75. The Kier molecular flexibility index (Phi) is 5.18. The van der Waals surface area contributed by atoms with Crippen LogP contribution >= 0.6 is 23.4 Å². The number of rotatable bonds is 6. The van der Waals surface area contributed by atoms with Crippen LogP contribution < -0.4 is 15.8 Å². The van der Waals surface area contributed by atoms with Crippen molar-refractivity contribution in [3.8, 4) is 5.75 Å². The number of imidazole rings is 1. The predicted molar refractivity (Wildman–Crippen MR) is 111 cm³/mol. The molecule has 0 radical (unpaired) electrons. The molecule has 0 bridgehead atoms. The average molecular weight is 414 g/mol. The summed E-state index contributed by atoms with van der Waals surface area (Å²) in [6, 6.07) is 13.0. The van der Waals surface area contributed by atoms with Gasteiger partial charge in [-0.25, -0.2) is 4.98 Å². The molecule has 4 N–H and O–H groups in total. The number of hydrogen-bond acceptors (Lipinski definition) is 8. The van der Waals surface area contributed by atoms with E-state index in [1.807, 2.05) is 42.5 Å². The molecule has 142 valence electrons. The van der Waals surface area contributed by atoms with Gasteiger partial charge in [0.1, 0.15) is 11.6 Å². The van der Waals surface area contributed by atoms with Crippen LogP contribution in [0.3, 0.4) is 0 Å². The number of ether oxygens (including phenoxy) is 1. The Morgan fingerprint density at radius 1 is 1.14 bits per heavy atom. The molecule has 0 aliphatic carbocycles. The highest BCUT2D eigenvalue weighted by Gasteiger charge is 2.10. The third-order valence-electron chi connectivity index (χ3n) is 3.81. The van der Waals surface area contributed by atoms with Crippen molar-refractivity contribution in [3.05, 3.63) is 53.3 Å². The number of anilines is 3. The van der Waals surface area contributed by atoms with E-state index in [2.05, 4.69) is 30.2 Å². The lowest BCUT2D eigenvalue weighted by atomic mass is 10.3. The van der Waals surface area contributed by atoms with Crippen molar-refractivity contribution < 1.29 is 4.74 Å². The van der Waals surface area contributed by atoms with E-state index in [-0.39, 0.29) is 5.95 Å². The van der Waals surface area contributed by atoms with Crippen LogP contribution in [0, 0.1) is 0 Å². The van der Waals surface area contributed by atoms with Crippen LogP contribution in [0.25, 0.3) is 11.0 Å². The fourth-order valence-electron chi connectivity index (χ4n) is 2.59. The van der Waals surface area contributed by atoms with Crippen molar-refractivity contribution in [3.63, 3.8) is 0 Å². The Balaban J connectivity index is 1.51. The number of aromatic amines is 1. The molecule has 0 spiro atoms. The lowest BCUT2D eigenvalue weighted by molar-refractivity contribution is 0.417. The van der Waals surface area contributed by atoms with Crippen LogP contribution in [0.5, 0.6) is 5.75 Å². The molecular weight excluding hydrogens is 398 g/mol. The molecule has 0 unspecified atom stereocenters. The molecule has 0 amide bonds. The van der Waals surface area contributed by atoms with Gasteiger partial charge in [-0.3, -0.25) is 0 Å². The number of para-hydroxylation sites is 2. The monoisotopic (exact) mass is 413 g/mol. The average Bonchev–Trinajstić information content (AvgIpc) is 3.08. The van der Waals surface area contributed by atoms with Gasteiger partial charge in [-0.2, -0.15) is 15.0 Å². The second-order valence-corrected chi connectivity index (χ2v) is 7.15. The van der Waals surface area contributed by atoms with Crippen LogP contribution in [0.1, 0.15) is 5.82 Å². The van der Waals surface area contributed by atoms with Crippen LogP contribution in [0.4, 0.5) is 17.6 Å². The summed E-state index contributed by atoms with van der Waals surface area (Å²) < 4.78 is 5.33.